The first-order valence-electron chi connectivity index (χ1n) is 12.7. The Morgan fingerprint density at radius 3 is 2.34 bits per heavy atom. The van der Waals surface area contributed by atoms with Gasteiger partial charge in [0.25, 0.3) is 5.91 Å². The van der Waals surface area contributed by atoms with Crippen LogP contribution >= 0.6 is 0 Å². The molecule has 2 aromatic carbocycles. The second kappa shape index (κ2) is 14.6. The molecule has 0 aliphatic carbocycles. The highest BCUT2D eigenvalue weighted by atomic mass is 32.2. The van der Waals surface area contributed by atoms with Crippen LogP contribution in [0.25, 0.3) is 0 Å². The predicted octanol–water partition coefficient (Wildman–Crippen LogP) is 2.89. The van der Waals surface area contributed by atoms with Gasteiger partial charge in [0.2, 0.25) is 16.3 Å². The number of nitrogens with one attached hydrogen (secondary N) is 1. The van der Waals surface area contributed by atoms with Gasteiger partial charge in [-0.05, 0) is 48.0 Å². The molecule has 0 fully saturated rings. The summed E-state index contributed by atoms with van der Waals surface area (Å²) in [6.45, 7) is -0.460. The normalized spacial score (nSPS) is 17.6. The third-order valence-electron chi connectivity index (χ3n) is 6.23. The van der Waals surface area contributed by atoms with Crippen molar-refractivity contribution in [3.05, 3.63) is 71.5 Å². The minimum atomic E-state index is -4.49. The number of allylic oxidation sites excluding steroid dienone is 1. The molecular weight excluding hydrogens is 569 g/mol. The number of carbonyl (C=O) groups excluding carboxylic acids is 1. The highest BCUT2D eigenvalue weighted by Crippen LogP contribution is 2.34. The Balaban J connectivity index is 1.73. The fourth-order valence-corrected chi connectivity index (χ4v) is 5.49. The van der Waals surface area contributed by atoms with Crippen LogP contribution in [0, 0.1) is 0 Å². The van der Waals surface area contributed by atoms with Gasteiger partial charge in [0.15, 0.2) is 5.76 Å². The average molecular weight is 603 g/mol. The molecule has 1 amide bonds. The van der Waals surface area contributed by atoms with Crippen molar-refractivity contribution in [2.24, 2.45) is 0 Å². The number of rotatable bonds is 14. The number of sulfonamides is 1. The zero-order valence-electron chi connectivity index (χ0n) is 22.6. The zero-order chi connectivity index (χ0) is 30.0. The second-order valence-electron chi connectivity index (χ2n) is 8.96. The summed E-state index contributed by atoms with van der Waals surface area (Å²) in [4.78, 5) is 12.7. The van der Waals surface area contributed by atoms with Crippen LogP contribution in [0.1, 0.15) is 23.5 Å². The highest BCUT2D eigenvalue weighted by Gasteiger charge is 2.32. The maximum atomic E-state index is 13.1. The fourth-order valence-electron chi connectivity index (χ4n) is 4.07. The van der Waals surface area contributed by atoms with Crippen LogP contribution in [-0.4, -0.2) is 83.7 Å². The van der Waals surface area contributed by atoms with Crippen molar-refractivity contribution in [3.63, 3.8) is 0 Å². The number of hydrogen-bond acceptors (Lipinski definition) is 8. The van der Waals surface area contributed by atoms with Crippen molar-refractivity contribution in [3.8, 4) is 5.75 Å². The first-order chi connectivity index (χ1) is 19.5. The van der Waals surface area contributed by atoms with Crippen LogP contribution in [0.4, 0.5) is 13.2 Å². The lowest BCUT2D eigenvalue weighted by molar-refractivity contribution is -0.146. The molecular formula is C27H33F3N2O8S. The Morgan fingerprint density at radius 1 is 1.07 bits per heavy atom. The van der Waals surface area contributed by atoms with Crippen molar-refractivity contribution in [1.82, 2.24) is 9.62 Å². The van der Waals surface area contributed by atoms with Gasteiger partial charge in [-0.1, -0.05) is 12.1 Å². The summed E-state index contributed by atoms with van der Waals surface area (Å²) in [5, 5.41) is 12.1. The summed E-state index contributed by atoms with van der Waals surface area (Å²) < 4.78 is 88.0. The van der Waals surface area contributed by atoms with Gasteiger partial charge in [0, 0.05) is 39.1 Å². The molecule has 2 aromatic rings. The van der Waals surface area contributed by atoms with Crippen LogP contribution in [0.2, 0.25) is 0 Å². The van der Waals surface area contributed by atoms with E-state index in [-0.39, 0.29) is 49.9 Å². The Kier molecular flexibility index (Phi) is 11.5. The van der Waals surface area contributed by atoms with Crippen LogP contribution in [0.5, 0.6) is 5.75 Å². The maximum absolute atomic E-state index is 13.1. The van der Waals surface area contributed by atoms with Gasteiger partial charge in [-0.25, -0.2) is 8.42 Å². The predicted molar refractivity (Wildman–Crippen MR) is 141 cm³/mol. The molecule has 1 aliphatic heterocycles. The van der Waals surface area contributed by atoms with E-state index in [2.05, 4.69) is 5.32 Å². The molecule has 1 aliphatic rings. The molecule has 0 radical (unpaired) electrons. The van der Waals surface area contributed by atoms with Crippen molar-refractivity contribution in [2.45, 2.75) is 29.7 Å². The molecule has 0 aromatic heterocycles. The molecule has 10 nitrogen and oxygen atoms in total. The molecule has 41 heavy (non-hydrogen) atoms. The largest absolute Gasteiger partial charge is 0.497 e. The van der Waals surface area contributed by atoms with Crippen molar-refractivity contribution in [2.75, 3.05) is 53.7 Å². The molecule has 14 heteroatoms. The number of halogens is 3. The van der Waals surface area contributed by atoms with E-state index < -0.39 is 46.5 Å². The van der Waals surface area contributed by atoms with E-state index in [4.69, 9.17) is 18.9 Å². The standard InChI is InChI=1S/C27H33F3N2O8S/c1-37-15-11-31-26(34)24-17-20(19-3-5-21(6-4-19)27(28,29)30)18-25(40-24)39-16-13-32(12-14-33)41(35,36)23-9-7-22(38-2)8-10-23/h3-10,17,20,25,33H,11-16,18H2,1-2H3,(H,31,34)/t20-,25+/m1/s1. The van der Waals surface area contributed by atoms with E-state index in [1.54, 1.807) is 0 Å². The van der Waals surface area contributed by atoms with Gasteiger partial charge in [-0.15, -0.1) is 0 Å². The van der Waals surface area contributed by atoms with Crippen LogP contribution in [0.15, 0.2) is 65.3 Å². The van der Waals surface area contributed by atoms with Crippen molar-refractivity contribution < 1.29 is 50.4 Å². The van der Waals surface area contributed by atoms with Crippen molar-refractivity contribution in [1.29, 1.82) is 0 Å². The quantitative estimate of drug-likeness (QED) is 0.317. The topological polar surface area (TPSA) is 124 Å². The minimum Gasteiger partial charge on any atom is -0.497 e. The second-order valence-corrected chi connectivity index (χ2v) is 10.9. The van der Waals surface area contributed by atoms with E-state index in [1.807, 2.05) is 0 Å². The first-order valence-corrected chi connectivity index (χ1v) is 14.1. The number of alkyl halides is 3. The van der Waals surface area contributed by atoms with Crippen LogP contribution < -0.4 is 10.1 Å². The smallest absolute Gasteiger partial charge is 0.416 e. The molecule has 0 unspecified atom stereocenters. The van der Waals surface area contributed by atoms with E-state index in [1.165, 1.54) is 56.7 Å². The first kappa shape index (κ1) is 32.3. The molecule has 3 rings (SSSR count). The number of hydrogen-bond donors (Lipinski definition) is 2. The fraction of sp³-hybridized carbons (Fsp3) is 0.444. The van der Waals surface area contributed by atoms with E-state index in [9.17, 15) is 31.5 Å². The Morgan fingerprint density at radius 2 is 1.76 bits per heavy atom. The SMILES string of the molecule is COCCNC(=O)C1=C[C@@H](c2ccc(C(F)(F)F)cc2)C[C@@H](OCCN(CCO)S(=O)(=O)c2ccc(OC)cc2)O1. The molecule has 1 heterocycles. The van der Waals surface area contributed by atoms with Gasteiger partial charge in [-0.3, -0.25) is 4.79 Å². The van der Waals surface area contributed by atoms with Crippen LogP contribution in [0.3, 0.4) is 0 Å². The van der Waals surface area contributed by atoms with Crippen LogP contribution in [-0.2, 0) is 35.2 Å². The number of benzene rings is 2. The Labute approximate surface area is 236 Å². The number of carbonyl (C=O) groups is 1. The highest BCUT2D eigenvalue weighted by molar-refractivity contribution is 7.89. The minimum absolute atomic E-state index is 0.000911. The van der Waals surface area contributed by atoms with Crippen molar-refractivity contribution >= 4 is 15.9 Å². The van der Waals surface area contributed by atoms with Gasteiger partial charge in [0.1, 0.15) is 5.75 Å². The molecule has 0 saturated heterocycles. The third kappa shape index (κ3) is 8.91. The number of aliphatic hydroxyl groups excluding tert-OH is 1. The number of amides is 1. The van der Waals surface area contributed by atoms with Gasteiger partial charge in [0.05, 0.1) is 37.4 Å². The molecule has 2 atom stereocenters. The summed E-state index contributed by atoms with van der Waals surface area (Å²) in [7, 11) is -1.05. The van der Waals surface area contributed by atoms with E-state index in [0.717, 1.165) is 16.4 Å². The summed E-state index contributed by atoms with van der Waals surface area (Å²) in [6.07, 6.45) is -3.83. The Hall–Kier alpha value is -3.17. The van der Waals surface area contributed by atoms with E-state index in [0.29, 0.717) is 11.3 Å². The van der Waals surface area contributed by atoms with E-state index >= 15 is 0 Å². The average Bonchev–Trinajstić information content (AvgIpc) is 2.96. The zero-order valence-corrected chi connectivity index (χ0v) is 23.4. The van der Waals surface area contributed by atoms with Gasteiger partial charge < -0.3 is 29.4 Å². The molecule has 226 valence electrons. The summed E-state index contributed by atoms with van der Waals surface area (Å²) in [5.74, 6) is -0.680. The number of methoxy groups -OCH3 is 2. The lowest BCUT2D eigenvalue weighted by Gasteiger charge is -2.30. The molecule has 0 saturated carbocycles. The molecule has 2 N–H and O–H groups in total. The summed E-state index contributed by atoms with van der Waals surface area (Å²) in [6, 6.07) is 10.4. The lowest BCUT2D eigenvalue weighted by atomic mass is 9.92. The number of nitrogens with zero attached hydrogens (tertiary/aromatic N) is 1. The monoisotopic (exact) mass is 602 g/mol. The summed E-state index contributed by atoms with van der Waals surface area (Å²) in [5.41, 5.74) is -0.286. The molecule has 0 bridgehead atoms. The van der Waals surface area contributed by atoms with Gasteiger partial charge >= 0.3 is 6.18 Å². The number of ether oxygens (including phenoxy) is 4. The Bertz CT molecular complexity index is 1270. The summed E-state index contributed by atoms with van der Waals surface area (Å²) >= 11 is 0. The third-order valence-corrected chi connectivity index (χ3v) is 8.14. The lowest BCUT2D eigenvalue weighted by Crippen LogP contribution is -2.38. The maximum Gasteiger partial charge on any atom is 0.416 e. The molecule has 0 spiro atoms. The van der Waals surface area contributed by atoms with Gasteiger partial charge in [-0.2, -0.15) is 17.5 Å². The number of aliphatic hydroxyl groups is 1.